The molecule has 3 aromatic carbocycles. The highest BCUT2D eigenvalue weighted by molar-refractivity contribution is 14.1. The molecule has 0 bridgehead atoms. The highest BCUT2D eigenvalue weighted by Gasteiger charge is 2.41. The lowest BCUT2D eigenvalue weighted by molar-refractivity contribution is -0.137. The van der Waals surface area contributed by atoms with Gasteiger partial charge in [-0.25, -0.2) is 14.0 Å². The predicted octanol–water partition coefficient (Wildman–Crippen LogP) is 7.47. The van der Waals surface area contributed by atoms with Gasteiger partial charge >= 0.3 is 18.2 Å². The number of hydrogen-bond acceptors (Lipinski definition) is 4. The fourth-order valence-electron chi connectivity index (χ4n) is 5.65. The van der Waals surface area contributed by atoms with Gasteiger partial charge in [0.2, 0.25) is 0 Å². The van der Waals surface area contributed by atoms with E-state index in [-0.39, 0.29) is 42.0 Å². The maximum Gasteiger partial charge on any atom is 0.416 e. The SMILES string of the molecule is O=C(NC1CCC(OCc2ccc(C(=O)O)cc2)C1)N[C@@](Cc1ccccc1)(c1cc(F)cc(C(F)(F)F)c1)c1ccc(I)cn1. The number of alkyl halides is 3. The van der Waals surface area contributed by atoms with Crippen molar-refractivity contribution in [1.29, 1.82) is 0 Å². The molecule has 7 nitrogen and oxygen atoms in total. The summed E-state index contributed by atoms with van der Waals surface area (Å²) >= 11 is 2.05. The van der Waals surface area contributed by atoms with Crippen LogP contribution < -0.4 is 10.6 Å². The summed E-state index contributed by atoms with van der Waals surface area (Å²) < 4.78 is 63.3. The van der Waals surface area contributed by atoms with Crippen molar-refractivity contribution in [3.05, 3.63) is 134 Å². The third-order valence-corrected chi connectivity index (χ3v) is 8.57. The van der Waals surface area contributed by atoms with Gasteiger partial charge in [0.1, 0.15) is 11.4 Å². The van der Waals surface area contributed by atoms with Crippen molar-refractivity contribution < 1.29 is 37.0 Å². The van der Waals surface area contributed by atoms with Crippen molar-refractivity contribution in [2.24, 2.45) is 0 Å². The Labute approximate surface area is 276 Å². The molecular formula is C34H30F4IN3O4. The number of pyridine rings is 1. The number of hydrogen-bond donors (Lipinski definition) is 3. The van der Waals surface area contributed by atoms with Crippen molar-refractivity contribution >= 4 is 34.6 Å². The second kappa shape index (κ2) is 14.2. The van der Waals surface area contributed by atoms with Crippen LogP contribution in [0, 0.1) is 9.39 Å². The molecule has 0 spiro atoms. The van der Waals surface area contributed by atoms with Gasteiger partial charge in [-0.05, 0) is 101 Å². The van der Waals surface area contributed by atoms with E-state index in [9.17, 15) is 27.2 Å². The molecule has 0 aliphatic heterocycles. The Morgan fingerprint density at radius 2 is 1.65 bits per heavy atom. The lowest BCUT2D eigenvalue weighted by Crippen LogP contribution is -2.54. The van der Waals surface area contributed by atoms with Gasteiger partial charge < -0.3 is 20.5 Å². The Kier molecular flexibility index (Phi) is 10.3. The summed E-state index contributed by atoms with van der Waals surface area (Å²) in [6, 6.07) is 19.9. The van der Waals surface area contributed by atoms with Gasteiger partial charge in [-0.2, -0.15) is 13.2 Å². The number of urea groups is 1. The summed E-state index contributed by atoms with van der Waals surface area (Å²) in [5, 5.41) is 14.9. The second-order valence-electron chi connectivity index (χ2n) is 11.2. The van der Waals surface area contributed by atoms with Gasteiger partial charge in [-0.15, -0.1) is 0 Å². The van der Waals surface area contributed by atoms with Gasteiger partial charge in [-0.3, -0.25) is 4.98 Å². The number of carbonyl (C=O) groups is 2. The number of halogens is 5. The number of benzene rings is 3. The molecule has 5 rings (SSSR count). The van der Waals surface area contributed by atoms with Crippen LogP contribution in [0.5, 0.6) is 0 Å². The van der Waals surface area contributed by atoms with Gasteiger partial charge in [0.15, 0.2) is 0 Å². The molecule has 3 N–H and O–H groups in total. The number of carboxylic acid groups (broad SMARTS) is 1. The Hall–Kier alpha value is -4.04. The Balaban J connectivity index is 1.40. The zero-order valence-electron chi connectivity index (χ0n) is 24.4. The van der Waals surface area contributed by atoms with E-state index in [0.29, 0.717) is 30.9 Å². The van der Waals surface area contributed by atoms with E-state index in [0.717, 1.165) is 21.3 Å². The van der Waals surface area contributed by atoms with Crippen LogP contribution in [-0.4, -0.2) is 34.2 Å². The zero-order valence-corrected chi connectivity index (χ0v) is 26.5. The van der Waals surface area contributed by atoms with Crippen LogP contribution in [0.25, 0.3) is 0 Å². The quantitative estimate of drug-likeness (QED) is 0.116. The molecule has 1 aliphatic carbocycles. The number of carboxylic acids is 1. The second-order valence-corrected chi connectivity index (χ2v) is 12.4. The van der Waals surface area contributed by atoms with Crippen molar-refractivity contribution in [3.63, 3.8) is 0 Å². The van der Waals surface area contributed by atoms with Gasteiger partial charge in [0.05, 0.1) is 29.5 Å². The topological polar surface area (TPSA) is 101 Å². The molecule has 0 saturated heterocycles. The molecule has 1 aliphatic rings. The highest BCUT2D eigenvalue weighted by Crippen LogP contribution is 2.38. The number of nitrogens with zero attached hydrogens (tertiary/aromatic N) is 1. The van der Waals surface area contributed by atoms with Crippen LogP contribution in [0.4, 0.5) is 22.4 Å². The zero-order chi connectivity index (χ0) is 32.9. The molecule has 2 amide bonds. The van der Waals surface area contributed by atoms with Crippen molar-refractivity contribution in [2.45, 2.75) is 56.2 Å². The van der Waals surface area contributed by atoms with Crippen molar-refractivity contribution in [2.75, 3.05) is 0 Å². The first kappa shape index (κ1) is 33.3. The summed E-state index contributed by atoms with van der Waals surface area (Å²) in [7, 11) is 0. The first-order valence-electron chi connectivity index (χ1n) is 14.5. The number of aromatic nitrogens is 1. The number of ether oxygens (including phenoxy) is 1. The monoisotopic (exact) mass is 747 g/mol. The molecule has 1 fully saturated rings. The van der Waals surface area contributed by atoms with Gasteiger partial charge in [0.25, 0.3) is 0 Å². The van der Waals surface area contributed by atoms with E-state index < -0.39 is 35.1 Å². The molecule has 1 saturated carbocycles. The molecule has 1 heterocycles. The molecule has 4 aromatic rings. The lowest BCUT2D eigenvalue weighted by Gasteiger charge is -2.36. The highest BCUT2D eigenvalue weighted by atomic mass is 127. The first-order chi connectivity index (χ1) is 21.9. The normalized spacial score (nSPS) is 17.7. The standard InChI is InChI=1S/C34H30F4IN3O4/c35-26-15-24(14-25(16-26)34(36,37)38)33(18-21-4-2-1-3-5-21,30-13-10-27(39)19-40-30)42-32(45)41-28-11-12-29(17-28)46-20-22-6-8-23(9-7-22)31(43)44/h1-10,13-16,19,28-29H,11-12,17-18,20H2,(H,43,44)(H2,41,42,45)/t28?,29?,33-/m0/s1. The maximum absolute atomic E-state index is 14.9. The summed E-state index contributed by atoms with van der Waals surface area (Å²) in [5.74, 6) is -2.11. The molecule has 3 atom stereocenters. The molecule has 12 heteroatoms. The number of carbonyl (C=O) groups excluding carboxylic acids is 1. The van der Waals surface area contributed by atoms with Crippen LogP contribution >= 0.6 is 22.6 Å². The Morgan fingerprint density at radius 1 is 0.935 bits per heavy atom. The van der Waals surface area contributed by atoms with Crippen LogP contribution in [-0.2, 0) is 29.5 Å². The molecule has 2 unspecified atom stereocenters. The van der Waals surface area contributed by atoms with E-state index in [1.54, 1.807) is 54.6 Å². The minimum absolute atomic E-state index is 0.00727. The van der Waals surface area contributed by atoms with Gasteiger partial charge in [0, 0.05) is 22.2 Å². The molecule has 0 radical (unpaired) electrons. The average molecular weight is 748 g/mol. The third-order valence-electron chi connectivity index (χ3n) is 7.93. The third kappa shape index (κ3) is 8.21. The average Bonchev–Trinajstić information content (AvgIpc) is 3.47. The first-order valence-corrected chi connectivity index (χ1v) is 15.6. The van der Waals surface area contributed by atoms with Crippen LogP contribution in [0.1, 0.15) is 57.6 Å². The fourth-order valence-corrected chi connectivity index (χ4v) is 5.97. The summed E-state index contributed by atoms with van der Waals surface area (Å²) in [4.78, 5) is 29.3. The summed E-state index contributed by atoms with van der Waals surface area (Å²) in [5.41, 5.74) is -1.04. The minimum Gasteiger partial charge on any atom is -0.478 e. The van der Waals surface area contributed by atoms with Crippen molar-refractivity contribution in [3.8, 4) is 0 Å². The number of amides is 2. The van der Waals surface area contributed by atoms with E-state index in [2.05, 4.69) is 38.2 Å². The molecule has 1 aromatic heterocycles. The number of aromatic carboxylic acids is 1. The predicted molar refractivity (Wildman–Crippen MR) is 171 cm³/mol. The largest absolute Gasteiger partial charge is 0.478 e. The maximum atomic E-state index is 14.9. The van der Waals surface area contributed by atoms with Crippen LogP contribution in [0.15, 0.2) is 91.1 Å². The fraction of sp³-hybridized carbons (Fsp3) is 0.265. The van der Waals surface area contributed by atoms with E-state index in [1.807, 2.05) is 0 Å². The minimum atomic E-state index is -4.83. The van der Waals surface area contributed by atoms with Crippen molar-refractivity contribution in [1.82, 2.24) is 15.6 Å². The summed E-state index contributed by atoms with van der Waals surface area (Å²) in [6.45, 7) is 0.267. The molecular weight excluding hydrogens is 717 g/mol. The smallest absolute Gasteiger partial charge is 0.416 e. The van der Waals surface area contributed by atoms with E-state index in [1.165, 1.54) is 18.3 Å². The molecule has 240 valence electrons. The Bertz CT molecular complexity index is 1670. The van der Waals surface area contributed by atoms with Crippen LogP contribution in [0.3, 0.4) is 0 Å². The van der Waals surface area contributed by atoms with E-state index in [4.69, 9.17) is 9.84 Å². The Morgan fingerprint density at radius 3 is 2.30 bits per heavy atom. The van der Waals surface area contributed by atoms with E-state index >= 15 is 0 Å². The number of rotatable bonds is 10. The number of nitrogens with one attached hydrogen (secondary N) is 2. The summed E-state index contributed by atoms with van der Waals surface area (Å²) in [6.07, 6.45) is -1.72. The lowest BCUT2D eigenvalue weighted by atomic mass is 9.79. The van der Waals surface area contributed by atoms with Gasteiger partial charge in [-0.1, -0.05) is 42.5 Å². The van der Waals surface area contributed by atoms with Crippen LogP contribution in [0.2, 0.25) is 0 Å². The molecule has 46 heavy (non-hydrogen) atoms.